The summed E-state index contributed by atoms with van der Waals surface area (Å²) in [6, 6.07) is 21.0. The Hall–Kier alpha value is -2.77. The average Bonchev–Trinajstić information content (AvgIpc) is 2.61. The molecule has 3 nitrogen and oxygen atoms in total. The van der Waals surface area contributed by atoms with Crippen LogP contribution in [0.5, 0.6) is 0 Å². The van der Waals surface area contributed by atoms with Crippen molar-refractivity contribution in [2.75, 3.05) is 7.11 Å². The van der Waals surface area contributed by atoms with E-state index in [9.17, 15) is 10.1 Å². The summed E-state index contributed by atoms with van der Waals surface area (Å²) >= 11 is 1.48. The van der Waals surface area contributed by atoms with Gasteiger partial charge in [-0.25, -0.2) is 4.79 Å². The lowest BCUT2D eigenvalue weighted by molar-refractivity contribution is 0.0603. The van der Waals surface area contributed by atoms with E-state index in [4.69, 9.17) is 4.74 Å². The highest BCUT2D eigenvalue weighted by Crippen LogP contribution is 2.36. The van der Waals surface area contributed by atoms with Crippen LogP contribution in [0.2, 0.25) is 0 Å². The van der Waals surface area contributed by atoms with E-state index in [1.165, 1.54) is 18.9 Å². The molecule has 3 rings (SSSR count). The number of benzene rings is 3. The van der Waals surface area contributed by atoms with Crippen molar-refractivity contribution < 1.29 is 9.53 Å². The van der Waals surface area contributed by atoms with Crippen LogP contribution in [0.1, 0.15) is 15.9 Å². The van der Waals surface area contributed by atoms with E-state index in [1.807, 2.05) is 48.5 Å². The Kier molecular flexibility index (Phi) is 4.31. The van der Waals surface area contributed by atoms with Crippen LogP contribution < -0.4 is 0 Å². The van der Waals surface area contributed by atoms with Gasteiger partial charge in [0, 0.05) is 15.2 Å². The Morgan fingerprint density at radius 3 is 2.43 bits per heavy atom. The number of esters is 1. The van der Waals surface area contributed by atoms with Gasteiger partial charge in [0.25, 0.3) is 0 Å². The molecule has 0 fully saturated rings. The Bertz CT molecular complexity index is 923. The summed E-state index contributed by atoms with van der Waals surface area (Å²) < 4.78 is 4.89. The number of rotatable bonds is 3. The number of carbonyl (C=O) groups is 1. The standard InChI is InChI=1S/C19H13NO2S/c1-22-19(21)15-9-4-7-13-8-5-11-17(18(13)15)23-16-10-3-2-6-14(16)12-20/h2-11H,1H3. The molecule has 4 heteroatoms. The molecule has 0 aromatic heterocycles. The first-order valence-electron chi connectivity index (χ1n) is 7.01. The topological polar surface area (TPSA) is 50.1 Å². The van der Waals surface area contributed by atoms with Crippen molar-refractivity contribution in [1.82, 2.24) is 0 Å². The SMILES string of the molecule is COC(=O)c1cccc2cccc(Sc3ccccc3C#N)c12. The van der Waals surface area contributed by atoms with E-state index in [0.29, 0.717) is 11.1 Å². The van der Waals surface area contributed by atoms with Crippen molar-refractivity contribution in [3.8, 4) is 6.07 Å². The van der Waals surface area contributed by atoms with Crippen LogP contribution >= 0.6 is 11.8 Å². The lowest BCUT2D eigenvalue weighted by atomic mass is 10.0. The molecular weight excluding hydrogens is 306 g/mol. The zero-order valence-electron chi connectivity index (χ0n) is 12.4. The number of fused-ring (bicyclic) bond motifs is 1. The minimum atomic E-state index is -0.364. The van der Waals surface area contributed by atoms with Gasteiger partial charge in [0.1, 0.15) is 6.07 Å². The Labute approximate surface area is 138 Å². The van der Waals surface area contributed by atoms with E-state index >= 15 is 0 Å². The molecule has 0 aliphatic carbocycles. The Morgan fingerprint density at radius 1 is 1.00 bits per heavy atom. The van der Waals surface area contributed by atoms with Crippen molar-refractivity contribution in [3.63, 3.8) is 0 Å². The summed E-state index contributed by atoms with van der Waals surface area (Å²) in [5.74, 6) is -0.364. The van der Waals surface area contributed by atoms with Gasteiger partial charge < -0.3 is 4.74 Å². The zero-order chi connectivity index (χ0) is 16.2. The van der Waals surface area contributed by atoms with Crippen molar-refractivity contribution in [2.24, 2.45) is 0 Å². The minimum absolute atomic E-state index is 0.364. The fourth-order valence-electron chi connectivity index (χ4n) is 2.44. The molecule has 0 aliphatic heterocycles. The number of nitrogens with zero attached hydrogens (tertiary/aromatic N) is 1. The first kappa shape index (κ1) is 15.1. The first-order valence-corrected chi connectivity index (χ1v) is 7.83. The molecule has 23 heavy (non-hydrogen) atoms. The number of carbonyl (C=O) groups excluding carboxylic acids is 1. The molecule has 0 saturated carbocycles. The maximum Gasteiger partial charge on any atom is 0.338 e. The van der Waals surface area contributed by atoms with Gasteiger partial charge in [-0.15, -0.1) is 0 Å². The molecule has 3 aromatic rings. The second-order valence-electron chi connectivity index (χ2n) is 4.86. The maximum absolute atomic E-state index is 12.1. The normalized spacial score (nSPS) is 10.3. The third-order valence-corrected chi connectivity index (χ3v) is 4.64. The summed E-state index contributed by atoms with van der Waals surface area (Å²) in [6.45, 7) is 0. The highest BCUT2D eigenvalue weighted by atomic mass is 32.2. The zero-order valence-corrected chi connectivity index (χ0v) is 13.3. The van der Waals surface area contributed by atoms with Crippen LogP contribution in [0.4, 0.5) is 0 Å². The van der Waals surface area contributed by atoms with Crippen molar-refractivity contribution in [3.05, 3.63) is 71.8 Å². The highest BCUT2D eigenvalue weighted by molar-refractivity contribution is 7.99. The molecule has 0 bridgehead atoms. The van der Waals surface area contributed by atoms with Gasteiger partial charge in [-0.3, -0.25) is 0 Å². The molecule has 0 N–H and O–H groups in total. The third kappa shape index (κ3) is 2.92. The average molecular weight is 319 g/mol. The summed E-state index contributed by atoms with van der Waals surface area (Å²) in [5, 5.41) is 11.1. The predicted molar refractivity (Wildman–Crippen MR) is 90.6 cm³/mol. The van der Waals surface area contributed by atoms with E-state index in [-0.39, 0.29) is 5.97 Å². The second kappa shape index (κ2) is 6.55. The highest BCUT2D eigenvalue weighted by Gasteiger charge is 2.14. The van der Waals surface area contributed by atoms with Crippen LogP contribution in [0.15, 0.2) is 70.5 Å². The lowest BCUT2D eigenvalue weighted by Gasteiger charge is -2.11. The number of ether oxygens (including phenoxy) is 1. The summed E-state index contributed by atoms with van der Waals surface area (Å²) in [7, 11) is 1.38. The van der Waals surface area contributed by atoms with E-state index in [1.54, 1.807) is 12.1 Å². The van der Waals surface area contributed by atoms with Gasteiger partial charge in [-0.2, -0.15) is 5.26 Å². The molecule has 0 spiro atoms. The van der Waals surface area contributed by atoms with Gasteiger partial charge in [0.2, 0.25) is 0 Å². The molecule has 0 saturated heterocycles. The van der Waals surface area contributed by atoms with E-state index in [0.717, 1.165) is 20.6 Å². The van der Waals surface area contributed by atoms with Crippen molar-refractivity contribution in [1.29, 1.82) is 5.26 Å². The fraction of sp³-hybridized carbons (Fsp3) is 0.0526. The summed E-state index contributed by atoms with van der Waals surface area (Å²) in [4.78, 5) is 13.9. The molecular formula is C19H13NO2S. The predicted octanol–water partition coefficient (Wildman–Crippen LogP) is 4.65. The van der Waals surface area contributed by atoms with Gasteiger partial charge in [-0.05, 0) is 29.7 Å². The number of methoxy groups -OCH3 is 1. The van der Waals surface area contributed by atoms with Crippen LogP contribution in [-0.2, 0) is 4.74 Å². The van der Waals surface area contributed by atoms with Crippen LogP contribution in [0, 0.1) is 11.3 Å². The van der Waals surface area contributed by atoms with Gasteiger partial charge in [0.15, 0.2) is 0 Å². The van der Waals surface area contributed by atoms with Crippen molar-refractivity contribution in [2.45, 2.75) is 9.79 Å². The molecule has 0 aliphatic rings. The molecule has 0 amide bonds. The number of nitriles is 1. The monoisotopic (exact) mass is 319 g/mol. The Balaban J connectivity index is 2.18. The second-order valence-corrected chi connectivity index (χ2v) is 5.95. The van der Waals surface area contributed by atoms with Crippen molar-refractivity contribution >= 4 is 28.5 Å². The van der Waals surface area contributed by atoms with Crippen LogP contribution in [-0.4, -0.2) is 13.1 Å². The quantitative estimate of drug-likeness (QED) is 0.659. The smallest absolute Gasteiger partial charge is 0.338 e. The lowest BCUT2D eigenvalue weighted by Crippen LogP contribution is -2.02. The van der Waals surface area contributed by atoms with E-state index in [2.05, 4.69) is 6.07 Å². The van der Waals surface area contributed by atoms with Gasteiger partial charge in [-0.1, -0.05) is 48.2 Å². The fourth-order valence-corrected chi connectivity index (χ4v) is 3.52. The van der Waals surface area contributed by atoms with E-state index < -0.39 is 0 Å². The number of hydrogen-bond donors (Lipinski definition) is 0. The Morgan fingerprint density at radius 2 is 1.70 bits per heavy atom. The molecule has 0 radical (unpaired) electrons. The molecule has 3 aromatic carbocycles. The molecule has 0 atom stereocenters. The van der Waals surface area contributed by atoms with Gasteiger partial charge >= 0.3 is 5.97 Å². The maximum atomic E-state index is 12.1. The summed E-state index contributed by atoms with van der Waals surface area (Å²) in [6.07, 6.45) is 0. The van der Waals surface area contributed by atoms with Crippen LogP contribution in [0.3, 0.4) is 0 Å². The largest absolute Gasteiger partial charge is 0.465 e. The van der Waals surface area contributed by atoms with Crippen LogP contribution in [0.25, 0.3) is 10.8 Å². The first-order chi connectivity index (χ1) is 11.2. The minimum Gasteiger partial charge on any atom is -0.465 e. The molecule has 112 valence electrons. The molecule has 0 heterocycles. The number of hydrogen-bond acceptors (Lipinski definition) is 4. The third-order valence-electron chi connectivity index (χ3n) is 3.50. The molecule has 0 unspecified atom stereocenters. The summed E-state index contributed by atoms with van der Waals surface area (Å²) in [5.41, 5.74) is 1.15. The van der Waals surface area contributed by atoms with Gasteiger partial charge in [0.05, 0.1) is 18.2 Å².